The molecular formula is C11H20O2S. The molecule has 0 saturated carbocycles. The van der Waals surface area contributed by atoms with Crippen LogP contribution in [0, 0.1) is 0 Å². The Bertz CT molecular complexity index is 188. The van der Waals surface area contributed by atoms with Crippen molar-refractivity contribution in [2.24, 2.45) is 0 Å². The highest BCUT2D eigenvalue weighted by atomic mass is 32.2. The Labute approximate surface area is 91.1 Å². The first-order valence-electron chi connectivity index (χ1n) is 5.22. The van der Waals surface area contributed by atoms with Crippen LogP contribution in [-0.4, -0.2) is 18.3 Å². The van der Waals surface area contributed by atoms with E-state index in [9.17, 15) is 4.79 Å². The molecule has 0 saturated heterocycles. The lowest BCUT2D eigenvalue weighted by atomic mass is 10.3. The van der Waals surface area contributed by atoms with Crippen molar-refractivity contribution in [2.45, 2.75) is 40.0 Å². The summed E-state index contributed by atoms with van der Waals surface area (Å²) < 4.78 is 4.85. The molecule has 82 valence electrons. The van der Waals surface area contributed by atoms with Gasteiger partial charge < -0.3 is 4.74 Å². The molecule has 0 rings (SSSR count). The van der Waals surface area contributed by atoms with Crippen LogP contribution < -0.4 is 0 Å². The van der Waals surface area contributed by atoms with Crippen molar-refractivity contribution in [1.82, 2.24) is 0 Å². The summed E-state index contributed by atoms with van der Waals surface area (Å²) in [6, 6.07) is 0. The number of carbonyl (C=O) groups is 1. The third-order valence-electron chi connectivity index (χ3n) is 1.68. The predicted octanol–water partition coefficient (Wildman–Crippen LogP) is 3.38. The fourth-order valence-corrected chi connectivity index (χ4v) is 2.05. The molecule has 0 atom stereocenters. The minimum atomic E-state index is -0.0908. The van der Waals surface area contributed by atoms with Crippen LogP contribution in [0.2, 0.25) is 0 Å². The van der Waals surface area contributed by atoms with Crippen LogP contribution in [0.4, 0.5) is 0 Å². The van der Waals surface area contributed by atoms with Crippen molar-refractivity contribution in [3.63, 3.8) is 0 Å². The molecule has 0 N–H and O–H groups in total. The largest absolute Gasteiger partial charge is 0.466 e. The molecule has 0 aromatic heterocycles. The molecule has 0 bridgehead atoms. The number of rotatable bonds is 7. The molecule has 0 aromatic rings. The fraction of sp³-hybridized carbons (Fsp3) is 0.727. The average Bonchev–Trinajstić information content (AvgIpc) is 2.17. The van der Waals surface area contributed by atoms with Crippen LogP contribution in [0.1, 0.15) is 40.0 Å². The van der Waals surface area contributed by atoms with Crippen molar-refractivity contribution in [2.75, 3.05) is 12.4 Å². The number of ether oxygens (including phenoxy) is 1. The summed E-state index contributed by atoms with van der Waals surface area (Å²) in [7, 11) is 0. The van der Waals surface area contributed by atoms with Gasteiger partial charge in [0.05, 0.1) is 13.0 Å². The van der Waals surface area contributed by atoms with E-state index >= 15 is 0 Å². The van der Waals surface area contributed by atoms with Gasteiger partial charge in [0, 0.05) is 5.75 Å². The number of allylic oxidation sites excluding steroid dienone is 2. The van der Waals surface area contributed by atoms with Crippen LogP contribution in [-0.2, 0) is 9.53 Å². The molecule has 0 spiro atoms. The van der Waals surface area contributed by atoms with Gasteiger partial charge in [-0.3, -0.25) is 4.79 Å². The van der Waals surface area contributed by atoms with Gasteiger partial charge in [-0.15, -0.1) is 11.8 Å². The van der Waals surface area contributed by atoms with Gasteiger partial charge in [0.15, 0.2) is 0 Å². The van der Waals surface area contributed by atoms with Gasteiger partial charge in [0.25, 0.3) is 0 Å². The molecule has 2 nitrogen and oxygen atoms in total. The Kier molecular flexibility index (Phi) is 8.84. The fourth-order valence-electron chi connectivity index (χ4n) is 1.03. The highest BCUT2D eigenvalue weighted by Gasteiger charge is 2.02. The highest BCUT2D eigenvalue weighted by Crippen LogP contribution is 2.20. The van der Waals surface area contributed by atoms with Gasteiger partial charge >= 0.3 is 5.97 Å². The lowest BCUT2D eigenvalue weighted by Gasteiger charge is -2.04. The molecule has 0 aliphatic carbocycles. The maximum absolute atomic E-state index is 11.0. The molecule has 14 heavy (non-hydrogen) atoms. The van der Waals surface area contributed by atoms with Gasteiger partial charge in [-0.25, -0.2) is 0 Å². The molecular weight excluding hydrogens is 196 g/mol. The van der Waals surface area contributed by atoms with Crippen molar-refractivity contribution in [3.8, 4) is 0 Å². The van der Waals surface area contributed by atoms with Gasteiger partial charge in [0.2, 0.25) is 0 Å². The van der Waals surface area contributed by atoms with Gasteiger partial charge in [0.1, 0.15) is 0 Å². The first-order chi connectivity index (χ1) is 6.74. The zero-order chi connectivity index (χ0) is 10.8. The van der Waals surface area contributed by atoms with E-state index in [1.54, 1.807) is 11.8 Å². The molecule has 0 amide bonds. The Morgan fingerprint density at radius 3 is 2.57 bits per heavy atom. The number of thioether (sulfide) groups is 1. The summed E-state index contributed by atoms with van der Waals surface area (Å²) in [5, 5.41) is 0. The Balaban J connectivity index is 3.61. The van der Waals surface area contributed by atoms with Crippen LogP contribution in [0.3, 0.4) is 0 Å². The van der Waals surface area contributed by atoms with Crippen molar-refractivity contribution in [3.05, 3.63) is 11.0 Å². The molecule has 0 aliphatic rings. The first-order valence-corrected chi connectivity index (χ1v) is 6.20. The number of esters is 1. The molecule has 0 radical (unpaired) electrons. The second-order valence-electron chi connectivity index (χ2n) is 2.84. The molecule has 0 fully saturated rings. The van der Waals surface area contributed by atoms with Crippen LogP contribution in [0.15, 0.2) is 11.0 Å². The highest BCUT2D eigenvalue weighted by molar-refractivity contribution is 8.03. The van der Waals surface area contributed by atoms with E-state index in [1.165, 1.54) is 4.91 Å². The van der Waals surface area contributed by atoms with Crippen molar-refractivity contribution >= 4 is 17.7 Å². The lowest BCUT2D eigenvalue weighted by Crippen LogP contribution is -2.04. The van der Waals surface area contributed by atoms with Crippen LogP contribution >= 0.6 is 11.8 Å². The zero-order valence-electron chi connectivity index (χ0n) is 9.34. The molecule has 0 aliphatic heterocycles. The summed E-state index contributed by atoms with van der Waals surface area (Å²) in [5.41, 5.74) is 0. The maximum atomic E-state index is 11.0. The molecule has 0 unspecified atom stereocenters. The quantitative estimate of drug-likeness (QED) is 0.610. The molecule has 0 heterocycles. The summed E-state index contributed by atoms with van der Waals surface area (Å²) in [6.07, 6.45) is 4.85. The number of hydrogen-bond acceptors (Lipinski definition) is 3. The van der Waals surface area contributed by atoms with Crippen molar-refractivity contribution in [1.29, 1.82) is 0 Å². The van der Waals surface area contributed by atoms with E-state index in [0.717, 1.165) is 18.6 Å². The van der Waals surface area contributed by atoms with Crippen LogP contribution in [0.5, 0.6) is 0 Å². The molecule has 3 heteroatoms. The second kappa shape index (κ2) is 9.13. The standard InChI is InChI=1S/C11H20O2S/c1-4-7-10(5-2)14-9-8-11(12)13-6-3/h7H,4-6,8-9H2,1-3H3/b10-7-. The summed E-state index contributed by atoms with van der Waals surface area (Å²) in [4.78, 5) is 12.4. The van der Waals surface area contributed by atoms with E-state index in [4.69, 9.17) is 4.74 Å². The summed E-state index contributed by atoms with van der Waals surface area (Å²) in [6.45, 7) is 6.58. The van der Waals surface area contributed by atoms with E-state index < -0.39 is 0 Å². The van der Waals surface area contributed by atoms with Gasteiger partial charge in [-0.1, -0.05) is 19.9 Å². The maximum Gasteiger partial charge on any atom is 0.306 e. The van der Waals surface area contributed by atoms with Gasteiger partial charge in [-0.05, 0) is 24.7 Å². The van der Waals surface area contributed by atoms with E-state index in [-0.39, 0.29) is 5.97 Å². The second-order valence-corrected chi connectivity index (χ2v) is 4.06. The topological polar surface area (TPSA) is 26.3 Å². The number of carbonyl (C=O) groups excluding carboxylic acids is 1. The Morgan fingerprint density at radius 1 is 1.36 bits per heavy atom. The SMILES string of the molecule is CC/C=C(/CC)SCCC(=O)OCC. The lowest BCUT2D eigenvalue weighted by molar-refractivity contribution is -0.142. The predicted molar refractivity (Wildman–Crippen MR) is 62.4 cm³/mol. The minimum absolute atomic E-state index is 0.0908. The van der Waals surface area contributed by atoms with Crippen molar-refractivity contribution < 1.29 is 9.53 Å². The minimum Gasteiger partial charge on any atom is -0.466 e. The zero-order valence-corrected chi connectivity index (χ0v) is 10.2. The number of hydrogen-bond donors (Lipinski definition) is 0. The summed E-state index contributed by atoms with van der Waals surface area (Å²) >= 11 is 1.76. The Hall–Kier alpha value is -0.440. The summed E-state index contributed by atoms with van der Waals surface area (Å²) in [5.74, 6) is 0.741. The average molecular weight is 216 g/mol. The third kappa shape index (κ3) is 7.01. The molecule has 0 aromatic carbocycles. The van der Waals surface area contributed by atoms with Crippen LogP contribution in [0.25, 0.3) is 0 Å². The van der Waals surface area contributed by atoms with Gasteiger partial charge in [-0.2, -0.15) is 0 Å². The normalized spacial score (nSPS) is 11.5. The van der Waals surface area contributed by atoms with E-state index in [2.05, 4.69) is 19.9 Å². The third-order valence-corrected chi connectivity index (χ3v) is 2.91. The smallest absolute Gasteiger partial charge is 0.306 e. The Morgan fingerprint density at radius 2 is 2.07 bits per heavy atom. The van der Waals surface area contributed by atoms with E-state index in [0.29, 0.717) is 13.0 Å². The van der Waals surface area contributed by atoms with E-state index in [1.807, 2.05) is 6.92 Å². The monoisotopic (exact) mass is 216 g/mol. The first kappa shape index (κ1) is 13.6.